The van der Waals surface area contributed by atoms with E-state index in [0.717, 1.165) is 28.0 Å². The Morgan fingerprint density at radius 3 is 2.43 bits per heavy atom. The lowest BCUT2D eigenvalue weighted by molar-refractivity contribution is 0.956. The third kappa shape index (κ3) is 2.38. The number of rotatable bonds is 3. The van der Waals surface area contributed by atoms with Gasteiger partial charge >= 0.3 is 0 Å². The summed E-state index contributed by atoms with van der Waals surface area (Å²) >= 11 is 0. The van der Waals surface area contributed by atoms with E-state index in [2.05, 4.69) is 39.8 Å². The van der Waals surface area contributed by atoms with Crippen LogP contribution in [0.1, 0.15) is 5.56 Å². The minimum absolute atomic E-state index is 0.550. The van der Waals surface area contributed by atoms with Crippen molar-refractivity contribution >= 4 is 16.7 Å². The van der Waals surface area contributed by atoms with Crippen molar-refractivity contribution < 1.29 is 0 Å². The molecule has 0 unspecified atom stereocenters. The van der Waals surface area contributed by atoms with Crippen LogP contribution in [0.5, 0.6) is 0 Å². The molecule has 0 amide bonds. The molecule has 2 N–H and O–H groups in total. The summed E-state index contributed by atoms with van der Waals surface area (Å²) in [6, 6.07) is 14.6. The fraction of sp³-hybridized carbons (Fsp3) is 0.235. The summed E-state index contributed by atoms with van der Waals surface area (Å²) in [6.07, 6.45) is 0. The van der Waals surface area contributed by atoms with E-state index in [4.69, 9.17) is 10.7 Å². The minimum Gasteiger partial charge on any atom is -0.378 e. The summed E-state index contributed by atoms with van der Waals surface area (Å²) in [5.74, 6) is 0.976. The SMILES string of the molecule is CN(C)c1ccc(-c2nc3ccc(CN)cc3n2C)cc1. The molecular weight excluding hydrogens is 260 g/mol. The number of benzene rings is 2. The highest BCUT2D eigenvalue weighted by molar-refractivity contribution is 5.81. The Bertz CT molecular complexity index is 769. The van der Waals surface area contributed by atoms with Crippen molar-refractivity contribution in [2.75, 3.05) is 19.0 Å². The quantitative estimate of drug-likeness (QED) is 0.802. The van der Waals surface area contributed by atoms with Crippen molar-refractivity contribution in [1.82, 2.24) is 9.55 Å². The van der Waals surface area contributed by atoms with Crippen LogP contribution in [0.15, 0.2) is 42.5 Å². The average molecular weight is 280 g/mol. The molecule has 1 heterocycles. The van der Waals surface area contributed by atoms with Gasteiger partial charge in [-0.25, -0.2) is 4.98 Å². The molecule has 0 aliphatic heterocycles. The minimum atomic E-state index is 0.550. The summed E-state index contributed by atoms with van der Waals surface area (Å²) in [5, 5.41) is 0. The Labute approximate surface area is 124 Å². The highest BCUT2D eigenvalue weighted by Crippen LogP contribution is 2.26. The molecule has 0 aliphatic carbocycles. The fourth-order valence-electron chi connectivity index (χ4n) is 2.53. The van der Waals surface area contributed by atoms with Gasteiger partial charge in [-0.2, -0.15) is 0 Å². The predicted molar refractivity (Wildman–Crippen MR) is 88.4 cm³/mol. The summed E-state index contributed by atoms with van der Waals surface area (Å²) < 4.78 is 2.12. The molecule has 108 valence electrons. The van der Waals surface area contributed by atoms with Gasteiger partial charge in [0.05, 0.1) is 11.0 Å². The van der Waals surface area contributed by atoms with Gasteiger partial charge in [0.1, 0.15) is 5.82 Å². The van der Waals surface area contributed by atoms with Gasteiger partial charge in [0.2, 0.25) is 0 Å². The van der Waals surface area contributed by atoms with Crippen molar-refractivity contribution in [2.24, 2.45) is 12.8 Å². The van der Waals surface area contributed by atoms with Crippen LogP contribution in [-0.4, -0.2) is 23.6 Å². The lowest BCUT2D eigenvalue weighted by atomic mass is 10.2. The molecule has 0 radical (unpaired) electrons. The second-order valence-corrected chi connectivity index (χ2v) is 5.46. The topological polar surface area (TPSA) is 47.1 Å². The first-order chi connectivity index (χ1) is 10.1. The van der Waals surface area contributed by atoms with E-state index in [9.17, 15) is 0 Å². The van der Waals surface area contributed by atoms with E-state index in [1.807, 2.05) is 33.3 Å². The van der Waals surface area contributed by atoms with Crippen molar-refractivity contribution in [3.8, 4) is 11.4 Å². The van der Waals surface area contributed by atoms with Crippen LogP contribution in [-0.2, 0) is 13.6 Å². The van der Waals surface area contributed by atoms with Crippen molar-refractivity contribution in [3.05, 3.63) is 48.0 Å². The van der Waals surface area contributed by atoms with Crippen molar-refractivity contribution in [2.45, 2.75) is 6.54 Å². The number of hydrogen-bond acceptors (Lipinski definition) is 3. The molecule has 1 aromatic heterocycles. The number of hydrogen-bond donors (Lipinski definition) is 1. The van der Waals surface area contributed by atoms with Crippen LogP contribution in [0.4, 0.5) is 5.69 Å². The zero-order valence-electron chi connectivity index (χ0n) is 12.7. The van der Waals surface area contributed by atoms with Gasteiger partial charge in [0.15, 0.2) is 0 Å². The first kappa shape index (κ1) is 13.6. The molecule has 4 nitrogen and oxygen atoms in total. The molecular formula is C17H20N4. The molecule has 3 rings (SSSR count). The standard InChI is InChI=1S/C17H20N4/c1-20(2)14-7-5-13(6-8-14)17-19-15-9-4-12(11-18)10-16(15)21(17)3/h4-10H,11,18H2,1-3H3. The zero-order chi connectivity index (χ0) is 15.0. The number of aromatic nitrogens is 2. The maximum absolute atomic E-state index is 5.72. The highest BCUT2D eigenvalue weighted by atomic mass is 15.1. The van der Waals surface area contributed by atoms with Crippen LogP contribution >= 0.6 is 0 Å². The molecule has 0 spiro atoms. The molecule has 4 heteroatoms. The van der Waals surface area contributed by atoms with Crippen LogP contribution in [0, 0.1) is 0 Å². The molecule has 3 aromatic rings. The lowest BCUT2D eigenvalue weighted by Gasteiger charge is -2.12. The smallest absolute Gasteiger partial charge is 0.140 e. The van der Waals surface area contributed by atoms with E-state index in [-0.39, 0.29) is 0 Å². The van der Waals surface area contributed by atoms with E-state index >= 15 is 0 Å². The molecule has 0 saturated carbocycles. The summed E-state index contributed by atoms with van der Waals surface area (Å²) in [4.78, 5) is 6.83. The van der Waals surface area contributed by atoms with Crippen LogP contribution in [0.25, 0.3) is 22.4 Å². The van der Waals surface area contributed by atoms with Crippen LogP contribution < -0.4 is 10.6 Å². The van der Waals surface area contributed by atoms with Gasteiger partial charge in [-0.05, 0) is 42.0 Å². The molecule has 0 bridgehead atoms. The third-order valence-electron chi connectivity index (χ3n) is 3.82. The first-order valence-corrected chi connectivity index (χ1v) is 7.03. The third-order valence-corrected chi connectivity index (χ3v) is 3.82. The molecule has 0 fully saturated rings. The molecule has 0 saturated heterocycles. The van der Waals surface area contributed by atoms with Gasteiger partial charge in [0, 0.05) is 38.9 Å². The van der Waals surface area contributed by atoms with Crippen molar-refractivity contribution in [3.63, 3.8) is 0 Å². The first-order valence-electron chi connectivity index (χ1n) is 7.03. The van der Waals surface area contributed by atoms with Crippen LogP contribution in [0.2, 0.25) is 0 Å². The average Bonchev–Trinajstić information content (AvgIpc) is 2.84. The van der Waals surface area contributed by atoms with Gasteiger partial charge in [-0.15, -0.1) is 0 Å². The monoisotopic (exact) mass is 280 g/mol. The number of aryl methyl sites for hydroxylation is 1. The van der Waals surface area contributed by atoms with Gasteiger partial charge < -0.3 is 15.2 Å². The molecule has 0 atom stereocenters. The Morgan fingerprint density at radius 1 is 1.10 bits per heavy atom. The maximum Gasteiger partial charge on any atom is 0.140 e. The summed E-state index contributed by atoms with van der Waals surface area (Å²) in [5.41, 5.74) is 11.3. The van der Waals surface area contributed by atoms with Gasteiger partial charge in [-0.3, -0.25) is 0 Å². The second-order valence-electron chi connectivity index (χ2n) is 5.46. The van der Waals surface area contributed by atoms with Gasteiger partial charge in [0.25, 0.3) is 0 Å². The number of imidazole rings is 1. The van der Waals surface area contributed by atoms with Crippen LogP contribution in [0.3, 0.4) is 0 Å². The number of nitrogens with zero attached hydrogens (tertiary/aromatic N) is 3. The number of anilines is 1. The molecule has 21 heavy (non-hydrogen) atoms. The highest BCUT2D eigenvalue weighted by Gasteiger charge is 2.10. The molecule has 0 aliphatic rings. The second kappa shape index (κ2) is 5.22. The Kier molecular flexibility index (Phi) is 3.39. The van der Waals surface area contributed by atoms with Crippen molar-refractivity contribution in [1.29, 1.82) is 0 Å². The fourth-order valence-corrected chi connectivity index (χ4v) is 2.53. The maximum atomic E-state index is 5.72. The summed E-state index contributed by atoms with van der Waals surface area (Å²) in [7, 11) is 6.13. The predicted octanol–water partition coefficient (Wildman–Crippen LogP) is 2.77. The summed E-state index contributed by atoms with van der Waals surface area (Å²) in [6.45, 7) is 0.550. The Balaban J connectivity index is 2.09. The van der Waals surface area contributed by atoms with Gasteiger partial charge in [-0.1, -0.05) is 6.07 Å². The lowest BCUT2D eigenvalue weighted by Crippen LogP contribution is -2.08. The van der Waals surface area contributed by atoms with E-state index in [1.54, 1.807) is 0 Å². The Morgan fingerprint density at radius 2 is 1.81 bits per heavy atom. The van der Waals surface area contributed by atoms with E-state index in [0.29, 0.717) is 6.54 Å². The largest absolute Gasteiger partial charge is 0.378 e. The number of fused-ring (bicyclic) bond motifs is 1. The molecule has 2 aromatic carbocycles. The Hall–Kier alpha value is -2.33. The van der Waals surface area contributed by atoms with E-state index in [1.165, 1.54) is 5.69 Å². The van der Waals surface area contributed by atoms with E-state index < -0.39 is 0 Å². The normalized spacial score (nSPS) is 11.0. The number of nitrogens with two attached hydrogens (primary N) is 1. The zero-order valence-corrected chi connectivity index (χ0v) is 12.7.